The molecule has 0 heterocycles. The maximum Gasteiger partial charge on any atom is 0.126 e. The van der Waals surface area contributed by atoms with Crippen molar-refractivity contribution in [1.29, 1.82) is 0 Å². The molecule has 0 bridgehead atoms. The van der Waals surface area contributed by atoms with E-state index in [0.29, 0.717) is 0 Å². The number of aryl methyl sites for hydroxylation is 1. The van der Waals surface area contributed by atoms with E-state index >= 15 is 0 Å². The summed E-state index contributed by atoms with van der Waals surface area (Å²) in [6, 6.07) is 1.68. The molecule has 0 atom stereocenters. The van der Waals surface area contributed by atoms with Crippen molar-refractivity contribution in [3.05, 3.63) is 34.1 Å². The molecule has 0 amide bonds. The zero-order valence-corrected chi connectivity index (χ0v) is 8.28. The van der Waals surface area contributed by atoms with Crippen molar-refractivity contribution in [2.24, 2.45) is 0 Å². The largest absolute Gasteiger partial charge is 0.207 e. The molecule has 0 spiro atoms. The molecular formula is C12H15F. The third kappa shape index (κ3) is 1.37. The van der Waals surface area contributed by atoms with Crippen molar-refractivity contribution in [2.75, 3.05) is 0 Å². The Balaban J connectivity index is 2.63. The first-order valence-electron chi connectivity index (χ1n) is 4.97. The summed E-state index contributed by atoms with van der Waals surface area (Å²) < 4.78 is 13.5. The summed E-state index contributed by atoms with van der Waals surface area (Å²) in [7, 11) is 0. The molecule has 0 saturated carbocycles. The molecule has 0 aliphatic heterocycles. The smallest absolute Gasteiger partial charge is 0.126 e. The molecule has 1 aliphatic carbocycles. The fourth-order valence-corrected chi connectivity index (χ4v) is 2.21. The second kappa shape index (κ2) is 3.13. The Morgan fingerprint density at radius 3 is 2.38 bits per heavy atom. The molecule has 0 saturated heterocycles. The quantitative estimate of drug-likeness (QED) is 0.571. The minimum Gasteiger partial charge on any atom is -0.207 e. The molecule has 13 heavy (non-hydrogen) atoms. The predicted molar refractivity (Wildman–Crippen MR) is 52.5 cm³/mol. The fourth-order valence-electron chi connectivity index (χ4n) is 2.21. The van der Waals surface area contributed by atoms with Crippen LogP contribution in [0.2, 0.25) is 0 Å². The number of benzene rings is 1. The third-order valence-electron chi connectivity index (χ3n) is 3.14. The normalized spacial score (nSPS) is 15.6. The molecule has 0 nitrogen and oxygen atoms in total. The monoisotopic (exact) mass is 178 g/mol. The molecule has 1 aromatic rings. The first-order valence-corrected chi connectivity index (χ1v) is 4.97. The Morgan fingerprint density at radius 1 is 1.08 bits per heavy atom. The van der Waals surface area contributed by atoms with Crippen LogP contribution in [-0.4, -0.2) is 0 Å². The molecule has 1 heteroatoms. The van der Waals surface area contributed by atoms with E-state index in [1.54, 1.807) is 6.07 Å². The minimum absolute atomic E-state index is 0.0119. The van der Waals surface area contributed by atoms with Crippen LogP contribution in [0.15, 0.2) is 6.07 Å². The lowest BCUT2D eigenvalue weighted by Crippen LogP contribution is -2.08. The van der Waals surface area contributed by atoms with Gasteiger partial charge in [-0.3, -0.25) is 0 Å². The van der Waals surface area contributed by atoms with Crippen LogP contribution in [-0.2, 0) is 12.8 Å². The number of halogens is 1. The van der Waals surface area contributed by atoms with E-state index in [1.165, 1.54) is 17.5 Å². The molecule has 0 fully saturated rings. The highest BCUT2D eigenvalue weighted by Crippen LogP contribution is 2.28. The van der Waals surface area contributed by atoms with E-state index in [0.717, 1.165) is 30.4 Å². The van der Waals surface area contributed by atoms with Crippen molar-refractivity contribution in [2.45, 2.75) is 39.5 Å². The highest BCUT2D eigenvalue weighted by atomic mass is 19.1. The zero-order chi connectivity index (χ0) is 9.42. The summed E-state index contributed by atoms with van der Waals surface area (Å²) >= 11 is 0. The van der Waals surface area contributed by atoms with Gasteiger partial charge in [-0.1, -0.05) is 0 Å². The van der Waals surface area contributed by atoms with Crippen molar-refractivity contribution in [1.82, 2.24) is 0 Å². The molecule has 2 rings (SSSR count). The maximum absolute atomic E-state index is 13.5. The molecule has 0 aromatic heterocycles. The number of rotatable bonds is 0. The second-order valence-electron chi connectivity index (χ2n) is 3.96. The number of hydrogen-bond donors (Lipinski definition) is 0. The van der Waals surface area contributed by atoms with Crippen LogP contribution < -0.4 is 0 Å². The Kier molecular flexibility index (Phi) is 2.10. The van der Waals surface area contributed by atoms with Gasteiger partial charge in [0.05, 0.1) is 0 Å². The van der Waals surface area contributed by atoms with Crippen molar-refractivity contribution >= 4 is 0 Å². The molecule has 0 unspecified atom stereocenters. The Morgan fingerprint density at radius 2 is 1.69 bits per heavy atom. The Labute approximate surface area is 78.8 Å². The zero-order valence-electron chi connectivity index (χ0n) is 8.28. The van der Waals surface area contributed by atoms with Gasteiger partial charge in [-0.15, -0.1) is 0 Å². The molecule has 70 valence electrons. The van der Waals surface area contributed by atoms with Gasteiger partial charge in [0.2, 0.25) is 0 Å². The summed E-state index contributed by atoms with van der Waals surface area (Å²) in [5.74, 6) is 0.0119. The molecular weight excluding hydrogens is 163 g/mol. The lowest BCUT2D eigenvalue weighted by Gasteiger charge is -2.20. The third-order valence-corrected chi connectivity index (χ3v) is 3.14. The summed E-state index contributed by atoms with van der Waals surface area (Å²) in [5, 5.41) is 0. The average molecular weight is 178 g/mol. The molecule has 0 N–H and O–H groups in total. The topological polar surface area (TPSA) is 0 Å². The van der Waals surface area contributed by atoms with Crippen LogP contribution in [0.4, 0.5) is 4.39 Å². The van der Waals surface area contributed by atoms with Crippen LogP contribution in [0.1, 0.15) is 35.1 Å². The first kappa shape index (κ1) is 8.74. The van der Waals surface area contributed by atoms with Crippen LogP contribution in [0.25, 0.3) is 0 Å². The van der Waals surface area contributed by atoms with E-state index in [2.05, 4.69) is 6.92 Å². The Bertz CT molecular complexity index is 339. The van der Waals surface area contributed by atoms with Crippen molar-refractivity contribution in [3.63, 3.8) is 0 Å². The van der Waals surface area contributed by atoms with Gasteiger partial charge in [0.25, 0.3) is 0 Å². The number of hydrogen-bond acceptors (Lipinski definition) is 0. The first-order chi connectivity index (χ1) is 6.20. The van der Waals surface area contributed by atoms with Crippen molar-refractivity contribution in [3.8, 4) is 0 Å². The number of fused-ring (bicyclic) bond motifs is 1. The Hall–Kier alpha value is -0.850. The van der Waals surface area contributed by atoms with E-state index in [4.69, 9.17) is 0 Å². The highest BCUT2D eigenvalue weighted by molar-refractivity contribution is 5.42. The van der Waals surface area contributed by atoms with Gasteiger partial charge in [0.1, 0.15) is 5.82 Å². The summed E-state index contributed by atoms with van der Waals surface area (Å²) in [6.07, 6.45) is 4.37. The van der Waals surface area contributed by atoms with Gasteiger partial charge in [-0.2, -0.15) is 0 Å². The second-order valence-corrected chi connectivity index (χ2v) is 3.96. The SMILES string of the molecule is Cc1cc(F)c2c(c1C)CCCC2. The van der Waals surface area contributed by atoms with Crippen LogP contribution in [0.3, 0.4) is 0 Å². The van der Waals surface area contributed by atoms with Crippen molar-refractivity contribution < 1.29 is 4.39 Å². The summed E-state index contributed by atoms with van der Waals surface area (Å²) in [6.45, 7) is 4.10. The molecule has 0 radical (unpaired) electrons. The van der Waals surface area contributed by atoms with Crippen LogP contribution >= 0.6 is 0 Å². The van der Waals surface area contributed by atoms with E-state index < -0.39 is 0 Å². The predicted octanol–water partition coefficient (Wildman–Crippen LogP) is 3.32. The lowest BCUT2D eigenvalue weighted by atomic mass is 9.86. The average Bonchev–Trinajstić information content (AvgIpc) is 2.15. The van der Waals surface area contributed by atoms with Crippen LogP contribution in [0, 0.1) is 19.7 Å². The molecule has 1 aromatic carbocycles. The van der Waals surface area contributed by atoms with E-state index in [1.807, 2.05) is 6.92 Å². The highest BCUT2D eigenvalue weighted by Gasteiger charge is 2.16. The molecule has 1 aliphatic rings. The lowest BCUT2D eigenvalue weighted by molar-refractivity contribution is 0.575. The van der Waals surface area contributed by atoms with Gasteiger partial charge in [0.15, 0.2) is 0 Å². The maximum atomic E-state index is 13.5. The van der Waals surface area contributed by atoms with Gasteiger partial charge in [0, 0.05) is 0 Å². The van der Waals surface area contributed by atoms with E-state index in [9.17, 15) is 4.39 Å². The summed E-state index contributed by atoms with van der Waals surface area (Å²) in [5.41, 5.74) is 4.66. The van der Waals surface area contributed by atoms with Gasteiger partial charge in [-0.05, 0) is 67.9 Å². The van der Waals surface area contributed by atoms with Crippen LogP contribution in [0.5, 0.6) is 0 Å². The minimum atomic E-state index is 0.0119. The standard InChI is InChI=1S/C12H15F/c1-8-7-12(13)11-6-4-3-5-10(11)9(8)2/h7H,3-6H2,1-2H3. The van der Waals surface area contributed by atoms with Gasteiger partial charge in [-0.25, -0.2) is 4.39 Å². The van der Waals surface area contributed by atoms with Gasteiger partial charge >= 0.3 is 0 Å². The fraction of sp³-hybridized carbons (Fsp3) is 0.500. The summed E-state index contributed by atoms with van der Waals surface area (Å²) in [4.78, 5) is 0. The van der Waals surface area contributed by atoms with Gasteiger partial charge < -0.3 is 0 Å². The van der Waals surface area contributed by atoms with E-state index in [-0.39, 0.29) is 5.82 Å².